The number of aliphatic carboxylic acids is 1. The van der Waals surface area contributed by atoms with E-state index in [0.717, 1.165) is 45.1 Å². The molecular formula is C23H35NO4. The minimum absolute atomic E-state index is 0.235. The summed E-state index contributed by atoms with van der Waals surface area (Å²) in [6.07, 6.45) is 18.1. The summed E-state index contributed by atoms with van der Waals surface area (Å²) in [5.41, 5.74) is 0. The van der Waals surface area contributed by atoms with Crippen LogP contribution in [0.5, 0.6) is 0 Å². The van der Waals surface area contributed by atoms with Gasteiger partial charge in [-0.3, -0.25) is 14.6 Å². The number of hydrogen-bond donors (Lipinski definition) is 1. The second kappa shape index (κ2) is 10.9. The molecule has 2 aliphatic heterocycles. The van der Waals surface area contributed by atoms with Crippen molar-refractivity contribution in [2.45, 2.75) is 89.3 Å². The maximum absolute atomic E-state index is 12.3. The van der Waals surface area contributed by atoms with Crippen molar-refractivity contribution in [3.63, 3.8) is 0 Å². The van der Waals surface area contributed by atoms with Crippen LogP contribution in [-0.2, 0) is 14.3 Å². The molecule has 2 bridgehead atoms. The molecule has 0 aromatic carbocycles. The zero-order valence-corrected chi connectivity index (χ0v) is 16.9. The summed E-state index contributed by atoms with van der Waals surface area (Å²) in [4.78, 5) is 27.5. The van der Waals surface area contributed by atoms with E-state index in [1.165, 1.54) is 19.3 Å². The average Bonchev–Trinajstić information content (AvgIpc) is 3.30. The average molecular weight is 390 g/mol. The monoisotopic (exact) mass is 389 g/mol. The van der Waals surface area contributed by atoms with E-state index in [9.17, 15) is 9.59 Å². The van der Waals surface area contributed by atoms with Crippen LogP contribution >= 0.6 is 0 Å². The molecule has 5 heteroatoms. The number of nitrogens with zero attached hydrogens (tertiary/aromatic N) is 1. The highest BCUT2D eigenvalue weighted by atomic mass is 16.5. The minimum atomic E-state index is -0.727. The summed E-state index contributed by atoms with van der Waals surface area (Å²) >= 11 is 0. The van der Waals surface area contributed by atoms with Crippen molar-refractivity contribution in [1.29, 1.82) is 0 Å². The van der Waals surface area contributed by atoms with Gasteiger partial charge in [-0.25, -0.2) is 0 Å². The van der Waals surface area contributed by atoms with Gasteiger partial charge >= 0.3 is 5.97 Å². The molecule has 0 spiro atoms. The van der Waals surface area contributed by atoms with E-state index in [-0.39, 0.29) is 12.3 Å². The number of ketones is 1. The lowest BCUT2D eigenvalue weighted by atomic mass is 9.77. The number of carbonyl (C=O) groups excluding carboxylic acids is 1. The third kappa shape index (κ3) is 6.00. The third-order valence-electron chi connectivity index (χ3n) is 6.72. The fourth-order valence-corrected chi connectivity index (χ4v) is 5.13. The van der Waals surface area contributed by atoms with Gasteiger partial charge in [-0.2, -0.15) is 0 Å². The number of Topliss-reactive ketones (excluding diaryl/α,β-unsaturated/α-hetero) is 1. The maximum atomic E-state index is 12.3. The molecule has 1 saturated carbocycles. The highest BCUT2D eigenvalue weighted by molar-refractivity contribution is 5.92. The van der Waals surface area contributed by atoms with Crippen LogP contribution in [-0.4, -0.2) is 41.8 Å². The molecule has 0 unspecified atom stereocenters. The Morgan fingerprint density at radius 2 is 1.75 bits per heavy atom. The summed E-state index contributed by atoms with van der Waals surface area (Å²) in [7, 11) is 0. The molecule has 0 radical (unpaired) electrons. The Bertz CT molecular complexity index is 579. The van der Waals surface area contributed by atoms with Gasteiger partial charge in [0.15, 0.2) is 0 Å². The van der Waals surface area contributed by atoms with Gasteiger partial charge in [-0.15, -0.1) is 0 Å². The first-order valence-electron chi connectivity index (χ1n) is 11.2. The van der Waals surface area contributed by atoms with Crippen LogP contribution in [0.1, 0.15) is 77.0 Å². The van der Waals surface area contributed by atoms with E-state index < -0.39 is 5.97 Å². The van der Waals surface area contributed by atoms with E-state index in [2.05, 4.69) is 17.1 Å². The Kier molecular flexibility index (Phi) is 8.26. The molecule has 0 aromatic rings. The Labute approximate surface area is 168 Å². The van der Waals surface area contributed by atoms with Gasteiger partial charge in [0.2, 0.25) is 0 Å². The summed E-state index contributed by atoms with van der Waals surface area (Å²) in [5, 5.41) is 8.68. The zero-order valence-electron chi connectivity index (χ0n) is 16.9. The van der Waals surface area contributed by atoms with Crippen LogP contribution < -0.4 is 0 Å². The molecule has 0 aromatic heterocycles. The molecule has 1 aliphatic carbocycles. The molecule has 2 heterocycles. The van der Waals surface area contributed by atoms with Crippen LogP contribution in [0.15, 0.2) is 17.1 Å². The van der Waals surface area contributed by atoms with Crippen molar-refractivity contribution < 1.29 is 19.4 Å². The standard InChI is InChI=1S/C23H35NO4/c25-20(17-8-4-3-5-9-17)14-15-24-16-19-18(21-12-13-22(19)28-21)10-6-1-2-7-11-23(26)27/h1,6,15,17-19,21-22H,2-5,7-14,16H2,(H,26,27)/t18-,19+,21-,22+/m0/s1. The first-order valence-corrected chi connectivity index (χ1v) is 11.2. The van der Waals surface area contributed by atoms with E-state index in [0.29, 0.717) is 42.7 Å². The second-order valence-corrected chi connectivity index (χ2v) is 8.66. The van der Waals surface area contributed by atoms with Crippen LogP contribution in [0.3, 0.4) is 0 Å². The number of rotatable bonds is 11. The molecule has 3 fully saturated rings. The molecule has 5 nitrogen and oxygen atoms in total. The highest BCUT2D eigenvalue weighted by Gasteiger charge is 2.47. The number of hydrogen-bond acceptors (Lipinski definition) is 4. The van der Waals surface area contributed by atoms with Gasteiger partial charge in [0, 0.05) is 37.4 Å². The predicted molar refractivity (Wildman–Crippen MR) is 110 cm³/mol. The summed E-state index contributed by atoms with van der Waals surface area (Å²) < 4.78 is 6.13. The van der Waals surface area contributed by atoms with Gasteiger partial charge in [0.25, 0.3) is 0 Å². The van der Waals surface area contributed by atoms with Gasteiger partial charge in [-0.1, -0.05) is 31.4 Å². The molecule has 1 N–H and O–H groups in total. The largest absolute Gasteiger partial charge is 0.481 e. The smallest absolute Gasteiger partial charge is 0.303 e. The molecular weight excluding hydrogens is 354 g/mol. The van der Waals surface area contributed by atoms with Crippen molar-refractivity contribution in [3.05, 3.63) is 12.2 Å². The first-order chi connectivity index (χ1) is 13.6. The summed E-state index contributed by atoms with van der Waals surface area (Å²) in [5.74, 6) is 0.859. The number of aliphatic imine (C=N–C) groups is 1. The lowest BCUT2D eigenvalue weighted by molar-refractivity contribution is -0.137. The van der Waals surface area contributed by atoms with Crippen LogP contribution in [0.2, 0.25) is 0 Å². The SMILES string of the molecule is O=C(O)CCCC=CC[C@H]1[C@@H](CN=CCC(=O)C2CCCCC2)[C@H]2CC[C@@H]1O2. The van der Waals surface area contributed by atoms with Crippen LogP contribution in [0.25, 0.3) is 0 Å². The lowest BCUT2D eigenvalue weighted by Crippen LogP contribution is -2.29. The van der Waals surface area contributed by atoms with Crippen LogP contribution in [0.4, 0.5) is 0 Å². The predicted octanol–water partition coefficient (Wildman–Crippen LogP) is 4.59. The molecule has 3 rings (SSSR count). The molecule has 0 amide bonds. The fourth-order valence-electron chi connectivity index (χ4n) is 5.13. The van der Waals surface area contributed by atoms with Crippen molar-refractivity contribution in [3.8, 4) is 0 Å². The fraction of sp³-hybridized carbons (Fsp3) is 0.783. The summed E-state index contributed by atoms with van der Waals surface area (Å²) in [6.45, 7) is 0.761. The number of carbonyl (C=O) groups is 2. The quantitative estimate of drug-likeness (QED) is 0.318. The minimum Gasteiger partial charge on any atom is -0.481 e. The molecule has 2 saturated heterocycles. The van der Waals surface area contributed by atoms with Gasteiger partial charge in [0.05, 0.1) is 12.2 Å². The number of carboxylic acid groups (broad SMARTS) is 1. The molecule has 28 heavy (non-hydrogen) atoms. The number of fused-ring (bicyclic) bond motifs is 2. The zero-order chi connectivity index (χ0) is 19.8. The normalized spacial score (nSPS) is 30.6. The van der Waals surface area contributed by atoms with Crippen molar-refractivity contribution >= 4 is 18.0 Å². The van der Waals surface area contributed by atoms with Crippen molar-refractivity contribution in [1.82, 2.24) is 0 Å². The molecule has 4 atom stereocenters. The Morgan fingerprint density at radius 1 is 1.00 bits per heavy atom. The number of carboxylic acids is 1. The van der Waals surface area contributed by atoms with E-state index in [4.69, 9.17) is 9.84 Å². The van der Waals surface area contributed by atoms with E-state index in [1.54, 1.807) is 0 Å². The highest BCUT2D eigenvalue weighted by Crippen LogP contribution is 2.45. The van der Waals surface area contributed by atoms with E-state index in [1.807, 2.05) is 6.21 Å². The first kappa shape index (κ1) is 21.2. The maximum Gasteiger partial charge on any atom is 0.303 e. The lowest BCUT2D eigenvalue weighted by Gasteiger charge is -2.25. The van der Waals surface area contributed by atoms with Gasteiger partial charge < -0.3 is 9.84 Å². The Morgan fingerprint density at radius 3 is 2.50 bits per heavy atom. The Balaban J connectivity index is 1.40. The van der Waals surface area contributed by atoms with Gasteiger partial charge in [0.1, 0.15) is 5.78 Å². The topological polar surface area (TPSA) is 76.0 Å². The van der Waals surface area contributed by atoms with Crippen molar-refractivity contribution in [2.24, 2.45) is 22.7 Å². The van der Waals surface area contributed by atoms with Gasteiger partial charge in [-0.05, 0) is 50.9 Å². The second-order valence-electron chi connectivity index (χ2n) is 8.66. The Hall–Kier alpha value is -1.49. The van der Waals surface area contributed by atoms with Crippen molar-refractivity contribution in [2.75, 3.05) is 6.54 Å². The number of ether oxygens (including phenoxy) is 1. The molecule has 156 valence electrons. The third-order valence-corrected chi connectivity index (χ3v) is 6.72. The van der Waals surface area contributed by atoms with Crippen LogP contribution in [0, 0.1) is 17.8 Å². The molecule has 3 aliphatic rings. The number of unbranched alkanes of at least 4 members (excludes halogenated alkanes) is 1. The van der Waals surface area contributed by atoms with E-state index >= 15 is 0 Å². The number of allylic oxidation sites excluding steroid dienone is 2. The summed E-state index contributed by atoms with van der Waals surface area (Å²) in [6, 6.07) is 0.